The summed E-state index contributed by atoms with van der Waals surface area (Å²) in [6.07, 6.45) is 0.396. The predicted molar refractivity (Wildman–Crippen MR) is 82.8 cm³/mol. The lowest BCUT2D eigenvalue weighted by Crippen LogP contribution is -2.22. The largest absolute Gasteiger partial charge is 0.423 e. The summed E-state index contributed by atoms with van der Waals surface area (Å²) in [5.41, 5.74) is 1.19. The van der Waals surface area contributed by atoms with Crippen LogP contribution in [0.5, 0.6) is 0 Å². The van der Waals surface area contributed by atoms with Crippen LogP contribution in [0, 0.1) is 0 Å². The van der Waals surface area contributed by atoms with Crippen molar-refractivity contribution in [1.82, 2.24) is 4.90 Å². The number of hydrogen-bond acceptors (Lipinski definition) is 4. The van der Waals surface area contributed by atoms with Gasteiger partial charge in [-0.1, -0.05) is 15.9 Å². The minimum atomic E-state index is -0.338. The Morgan fingerprint density at radius 3 is 2.85 bits per heavy atom. The lowest BCUT2D eigenvalue weighted by atomic mass is 10.1. The first kappa shape index (κ1) is 15.2. The fourth-order valence-corrected chi connectivity index (χ4v) is 2.45. The van der Waals surface area contributed by atoms with Crippen molar-refractivity contribution in [3.05, 3.63) is 44.7 Å². The summed E-state index contributed by atoms with van der Waals surface area (Å²) in [5, 5.41) is 10.3. The lowest BCUT2D eigenvalue weighted by Gasteiger charge is -2.18. The van der Waals surface area contributed by atoms with Gasteiger partial charge in [0, 0.05) is 29.0 Å². The summed E-state index contributed by atoms with van der Waals surface area (Å²) in [4.78, 5) is 13.7. The van der Waals surface area contributed by atoms with Crippen LogP contribution in [-0.2, 0) is 6.54 Å². The molecule has 0 bridgehead atoms. The van der Waals surface area contributed by atoms with E-state index >= 15 is 0 Å². The third kappa shape index (κ3) is 3.91. The van der Waals surface area contributed by atoms with Gasteiger partial charge in [-0.25, -0.2) is 4.79 Å². The SMILES string of the molecule is CC(O)CCN(C)Cc1cc(=O)oc2cc(Br)ccc12. The van der Waals surface area contributed by atoms with E-state index < -0.39 is 0 Å². The van der Waals surface area contributed by atoms with Crippen LogP contribution in [-0.4, -0.2) is 29.7 Å². The summed E-state index contributed by atoms with van der Waals surface area (Å²) in [5.74, 6) is 0. The molecule has 0 saturated heterocycles. The number of rotatable bonds is 5. The summed E-state index contributed by atoms with van der Waals surface area (Å²) < 4.78 is 6.10. The lowest BCUT2D eigenvalue weighted by molar-refractivity contribution is 0.163. The highest BCUT2D eigenvalue weighted by Crippen LogP contribution is 2.22. The average Bonchev–Trinajstić information content (AvgIpc) is 2.35. The first-order valence-electron chi connectivity index (χ1n) is 6.54. The molecule has 20 heavy (non-hydrogen) atoms. The van der Waals surface area contributed by atoms with E-state index in [-0.39, 0.29) is 11.7 Å². The number of hydrogen-bond donors (Lipinski definition) is 1. The Labute approximate surface area is 126 Å². The monoisotopic (exact) mass is 339 g/mol. The zero-order valence-electron chi connectivity index (χ0n) is 11.6. The first-order chi connectivity index (χ1) is 9.45. The Hall–Kier alpha value is -1.17. The molecule has 0 amide bonds. The average molecular weight is 340 g/mol. The summed E-state index contributed by atoms with van der Waals surface area (Å²) in [6.45, 7) is 3.20. The van der Waals surface area contributed by atoms with Crippen LogP contribution in [0.3, 0.4) is 0 Å². The maximum absolute atomic E-state index is 11.6. The van der Waals surface area contributed by atoms with E-state index in [1.807, 2.05) is 19.2 Å². The minimum absolute atomic E-state index is 0.314. The molecule has 1 unspecified atom stereocenters. The van der Waals surface area contributed by atoms with Crippen molar-refractivity contribution < 1.29 is 9.52 Å². The van der Waals surface area contributed by atoms with Crippen molar-refractivity contribution in [2.24, 2.45) is 0 Å². The van der Waals surface area contributed by atoms with Crippen LogP contribution in [0.2, 0.25) is 0 Å². The van der Waals surface area contributed by atoms with Crippen LogP contribution in [0.25, 0.3) is 11.0 Å². The van der Waals surface area contributed by atoms with Crippen LogP contribution in [0.1, 0.15) is 18.9 Å². The van der Waals surface area contributed by atoms with E-state index in [9.17, 15) is 9.90 Å². The van der Waals surface area contributed by atoms with Gasteiger partial charge in [-0.15, -0.1) is 0 Å². The molecule has 0 aliphatic heterocycles. The van der Waals surface area contributed by atoms with Crippen molar-refractivity contribution in [3.63, 3.8) is 0 Å². The number of fused-ring (bicyclic) bond motifs is 1. The van der Waals surface area contributed by atoms with Gasteiger partial charge >= 0.3 is 5.63 Å². The van der Waals surface area contributed by atoms with Crippen molar-refractivity contribution in [2.75, 3.05) is 13.6 Å². The van der Waals surface area contributed by atoms with Gasteiger partial charge < -0.3 is 14.4 Å². The number of aliphatic hydroxyl groups excluding tert-OH is 1. The zero-order valence-corrected chi connectivity index (χ0v) is 13.2. The number of nitrogens with zero attached hydrogens (tertiary/aromatic N) is 1. The Kier molecular flexibility index (Phi) is 4.96. The quantitative estimate of drug-likeness (QED) is 0.851. The maximum atomic E-state index is 11.6. The number of halogens is 1. The molecule has 0 radical (unpaired) electrons. The molecular weight excluding hydrogens is 322 g/mol. The van der Waals surface area contributed by atoms with Gasteiger partial charge in [-0.2, -0.15) is 0 Å². The molecule has 0 saturated carbocycles. The van der Waals surface area contributed by atoms with Gasteiger partial charge in [-0.3, -0.25) is 0 Å². The molecular formula is C15H18BrNO3. The highest BCUT2D eigenvalue weighted by atomic mass is 79.9. The van der Waals surface area contributed by atoms with E-state index in [4.69, 9.17) is 4.42 Å². The molecule has 1 atom stereocenters. The molecule has 1 aromatic carbocycles. The molecule has 1 aromatic heterocycles. The molecule has 108 valence electrons. The smallest absolute Gasteiger partial charge is 0.336 e. The molecule has 1 heterocycles. The highest BCUT2D eigenvalue weighted by Gasteiger charge is 2.09. The third-order valence-corrected chi connectivity index (χ3v) is 3.65. The molecule has 1 N–H and O–H groups in total. The van der Waals surface area contributed by atoms with Gasteiger partial charge in [0.2, 0.25) is 0 Å². The van der Waals surface area contributed by atoms with Crippen LogP contribution < -0.4 is 5.63 Å². The van der Waals surface area contributed by atoms with Crippen molar-refractivity contribution in [2.45, 2.75) is 26.0 Å². The van der Waals surface area contributed by atoms with E-state index in [0.717, 1.165) is 22.0 Å². The Morgan fingerprint density at radius 1 is 1.40 bits per heavy atom. The Morgan fingerprint density at radius 2 is 2.15 bits per heavy atom. The van der Waals surface area contributed by atoms with Gasteiger partial charge in [0.1, 0.15) is 5.58 Å². The number of aliphatic hydroxyl groups is 1. The van der Waals surface area contributed by atoms with Gasteiger partial charge in [-0.05, 0) is 44.2 Å². The molecule has 2 aromatic rings. The highest BCUT2D eigenvalue weighted by molar-refractivity contribution is 9.10. The summed E-state index contributed by atoms with van der Waals surface area (Å²) in [7, 11) is 1.97. The molecule has 5 heteroatoms. The number of benzene rings is 1. The topological polar surface area (TPSA) is 53.7 Å². The van der Waals surface area contributed by atoms with Crippen LogP contribution >= 0.6 is 15.9 Å². The fourth-order valence-electron chi connectivity index (χ4n) is 2.11. The van der Waals surface area contributed by atoms with Crippen LogP contribution in [0.15, 0.2) is 37.9 Å². The molecule has 2 rings (SSSR count). The summed E-state index contributed by atoms with van der Waals surface area (Å²) in [6, 6.07) is 7.22. The maximum Gasteiger partial charge on any atom is 0.336 e. The second-order valence-electron chi connectivity index (χ2n) is 5.11. The van der Waals surface area contributed by atoms with Gasteiger partial charge in [0.05, 0.1) is 6.10 Å². The standard InChI is InChI=1S/C15H18BrNO3/c1-10(18)5-6-17(2)9-11-7-15(19)20-14-8-12(16)3-4-13(11)14/h3-4,7-8,10,18H,5-6,9H2,1-2H3. The molecule has 0 aliphatic carbocycles. The van der Waals surface area contributed by atoms with Gasteiger partial charge in [0.25, 0.3) is 0 Å². The van der Waals surface area contributed by atoms with E-state index in [0.29, 0.717) is 18.5 Å². The molecule has 0 aliphatic rings. The Balaban J connectivity index is 2.27. The predicted octanol–water partition coefficient (Wildman–Crippen LogP) is 2.76. The van der Waals surface area contributed by atoms with Crippen molar-refractivity contribution >= 4 is 26.9 Å². The van der Waals surface area contributed by atoms with E-state index in [1.165, 1.54) is 6.07 Å². The normalized spacial score (nSPS) is 13.1. The Bertz CT molecular complexity index is 651. The summed E-state index contributed by atoms with van der Waals surface area (Å²) >= 11 is 3.37. The van der Waals surface area contributed by atoms with E-state index in [2.05, 4.69) is 20.8 Å². The van der Waals surface area contributed by atoms with Crippen LogP contribution in [0.4, 0.5) is 0 Å². The third-order valence-electron chi connectivity index (χ3n) is 3.16. The van der Waals surface area contributed by atoms with Crippen molar-refractivity contribution in [3.8, 4) is 0 Å². The molecule has 4 nitrogen and oxygen atoms in total. The zero-order chi connectivity index (χ0) is 14.7. The van der Waals surface area contributed by atoms with E-state index in [1.54, 1.807) is 13.0 Å². The second kappa shape index (κ2) is 6.52. The fraction of sp³-hybridized carbons (Fsp3) is 0.400. The molecule has 0 fully saturated rings. The minimum Gasteiger partial charge on any atom is -0.423 e. The van der Waals surface area contributed by atoms with Crippen molar-refractivity contribution in [1.29, 1.82) is 0 Å². The molecule has 0 spiro atoms. The first-order valence-corrected chi connectivity index (χ1v) is 7.34. The second-order valence-corrected chi connectivity index (χ2v) is 6.02. The van der Waals surface area contributed by atoms with Gasteiger partial charge in [0.15, 0.2) is 0 Å².